The predicted molar refractivity (Wildman–Crippen MR) is 81.0 cm³/mol. The first-order valence-electron chi connectivity index (χ1n) is 6.16. The highest BCUT2D eigenvalue weighted by Crippen LogP contribution is 2.31. The molecular weight excluding hydrogens is 348 g/mol. The van der Waals surface area contributed by atoms with E-state index in [2.05, 4.69) is 21.2 Å². The van der Waals surface area contributed by atoms with Gasteiger partial charge in [-0.05, 0) is 51.8 Å². The highest BCUT2D eigenvalue weighted by Gasteiger charge is 2.18. The molecule has 0 spiro atoms. The molecule has 2 rings (SSSR count). The van der Waals surface area contributed by atoms with Crippen LogP contribution in [0, 0.1) is 11.6 Å². The fraction of sp³-hybridized carbons (Fsp3) is 0.200. The molecule has 0 aliphatic heterocycles. The van der Waals surface area contributed by atoms with Crippen molar-refractivity contribution >= 4 is 27.5 Å². The second-order valence-electron chi connectivity index (χ2n) is 4.31. The molecule has 106 valence electrons. The minimum Gasteiger partial charge on any atom is -0.306 e. The van der Waals surface area contributed by atoms with E-state index in [1.807, 2.05) is 6.92 Å². The highest BCUT2D eigenvalue weighted by atomic mass is 79.9. The molecule has 0 radical (unpaired) electrons. The molecule has 5 heteroatoms. The third kappa shape index (κ3) is 3.19. The zero-order valence-corrected chi connectivity index (χ0v) is 13.1. The van der Waals surface area contributed by atoms with E-state index in [0.29, 0.717) is 16.6 Å². The monoisotopic (exact) mass is 359 g/mol. The second-order valence-corrected chi connectivity index (χ2v) is 5.54. The Morgan fingerprint density at radius 1 is 1.20 bits per heavy atom. The predicted octanol–water partition coefficient (Wildman–Crippen LogP) is 5.08. The van der Waals surface area contributed by atoms with Gasteiger partial charge in [0.1, 0.15) is 11.6 Å². The van der Waals surface area contributed by atoms with Gasteiger partial charge in [0.15, 0.2) is 0 Å². The average molecular weight is 361 g/mol. The van der Waals surface area contributed by atoms with Crippen molar-refractivity contribution in [1.82, 2.24) is 5.32 Å². The summed E-state index contributed by atoms with van der Waals surface area (Å²) >= 11 is 9.21. The lowest BCUT2D eigenvalue weighted by Gasteiger charge is -2.20. The summed E-state index contributed by atoms with van der Waals surface area (Å²) in [6.45, 7) is 2.62. The molecule has 1 atom stereocenters. The molecule has 0 aliphatic rings. The van der Waals surface area contributed by atoms with Crippen molar-refractivity contribution < 1.29 is 8.78 Å². The van der Waals surface area contributed by atoms with Gasteiger partial charge in [-0.1, -0.05) is 36.7 Å². The lowest BCUT2D eigenvalue weighted by atomic mass is 9.98. The molecule has 0 saturated heterocycles. The van der Waals surface area contributed by atoms with Gasteiger partial charge in [-0.15, -0.1) is 0 Å². The summed E-state index contributed by atoms with van der Waals surface area (Å²) in [5.74, 6) is -0.803. The van der Waals surface area contributed by atoms with E-state index in [0.717, 1.165) is 5.56 Å². The minimum atomic E-state index is -0.465. The van der Waals surface area contributed by atoms with Crippen LogP contribution in [0.5, 0.6) is 0 Å². The van der Waals surface area contributed by atoms with Crippen LogP contribution in [0.3, 0.4) is 0 Å². The van der Waals surface area contributed by atoms with Crippen molar-refractivity contribution in [2.24, 2.45) is 0 Å². The van der Waals surface area contributed by atoms with E-state index < -0.39 is 5.82 Å². The van der Waals surface area contributed by atoms with Gasteiger partial charge in [-0.25, -0.2) is 8.78 Å². The molecule has 0 saturated carbocycles. The smallest absolute Gasteiger partial charge is 0.142 e. The molecule has 20 heavy (non-hydrogen) atoms. The first-order valence-corrected chi connectivity index (χ1v) is 7.34. The third-order valence-corrected chi connectivity index (χ3v) is 3.98. The van der Waals surface area contributed by atoms with Crippen LogP contribution in [0.2, 0.25) is 5.02 Å². The number of hydrogen-bond acceptors (Lipinski definition) is 1. The Morgan fingerprint density at radius 2 is 1.95 bits per heavy atom. The molecular formula is C15H13BrClF2N. The number of nitrogens with one attached hydrogen (secondary N) is 1. The average Bonchev–Trinajstić information content (AvgIpc) is 2.43. The second kappa shape index (κ2) is 6.66. The SMILES string of the molecule is CCNC(c1ccc(F)c(Br)c1)c1cccc(F)c1Cl. The topological polar surface area (TPSA) is 12.0 Å². The normalized spacial score (nSPS) is 12.4. The maximum atomic E-state index is 13.6. The standard InChI is InChI=1S/C15H13BrClF2N/c1-2-20-15(9-6-7-12(18)11(16)8-9)10-4-3-5-13(19)14(10)17/h3-8,15,20H,2H2,1H3. The Hall–Kier alpha value is -0.970. The van der Waals surface area contributed by atoms with Crippen molar-refractivity contribution in [2.45, 2.75) is 13.0 Å². The molecule has 0 aromatic heterocycles. The molecule has 0 bridgehead atoms. The Labute approximate surface area is 130 Å². The van der Waals surface area contributed by atoms with E-state index in [-0.39, 0.29) is 16.9 Å². The van der Waals surface area contributed by atoms with Gasteiger partial charge in [0.2, 0.25) is 0 Å². The van der Waals surface area contributed by atoms with Crippen LogP contribution in [0.15, 0.2) is 40.9 Å². The maximum Gasteiger partial charge on any atom is 0.142 e. The zero-order valence-electron chi connectivity index (χ0n) is 10.8. The number of halogens is 4. The summed E-state index contributed by atoms with van der Waals surface area (Å²) in [7, 11) is 0. The fourth-order valence-electron chi connectivity index (χ4n) is 2.05. The lowest BCUT2D eigenvalue weighted by Crippen LogP contribution is -2.22. The zero-order chi connectivity index (χ0) is 14.7. The molecule has 1 N–H and O–H groups in total. The Balaban J connectivity index is 2.50. The molecule has 0 amide bonds. The van der Waals surface area contributed by atoms with Crippen molar-refractivity contribution in [1.29, 1.82) is 0 Å². The van der Waals surface area contributed by atoms with Crippen molar-refractivity contribution in [2.75, 3.05) is 6.54 Å². The summed E-state index contributed by atoms with van der Waals surface area (Å²) < 4.78 is 27.3. The quantitative estimate of drug-likeness (QED) is 0.802. The van der Waals surface area contributed by atoms with E-state index in [1.165, 1.54) is 12.1 Å². The van der Waals surface area contributed by atoms with Gasteiger partial charge in [0, 0.05) is 0 Å². The van der Waals surface area contributed by atoms with E-state index in [9.17, 15) is 8.78 Å². The molecule has 1 unspecified atom stereocenters. The van der Waals surface area contributed by atoms with Gasteiger partial charge in [0.25, 0.3) is 0 Å². The highest BCUT2D eigenvalue weighted by molar-refractivity contribution is 9.10. The summed E-state index contributed by atoms with van der Waals surface area (Å²) in [6, 6.07) is 9.10. The Morgan fingerprint density at radius 3 is 2.60 bits per heavy atom. The number of rotatable bonds is 4. The molecule has 2 aromatic carbocycles. The number of hydrogen-bond donors (Lipinski definition) is 1. The van der Waals surface area contributed by atoms with Crippen LogP contribution in [-0.4, -0.2) is 6.54 Å². The lowest BCUT2D eigenvalue weighted by molar-refractivity contribution is 0.597. The summed E-state index contributed by atoms with van der Waals surface area (Å²) in [5, 5.41) is 3.32. The van der Waals surface area contributed by atoms with E-state index in [4.69, 9.17) is 11.6 Å². The minimum absolute atomic E-state index is 0.0823. The molecule has 0 fully saturated rings. The van der Waals surface area contributed by atoms with Gasteiger partial charge < -0.3 is 5.32 Å². The van der Waals surface area contributed by atoms with Crippen LogP contribution >= 0.6 is 27.5 Å². The van der Waals surface area contributed by atoms with Crippen LogP contribution in [0.1, 0.15) is 24.1 Å². The molecule has 1 nitrogen and oxygen atoms in total. The summed E-state index contributed by atoms with van der Waals surface area (Å²) in [5.41, 5.74) is 1.44. The van der Waals surface area contributed by atoms with Crippen molar-refractivity contribution in [3.8, 4) is 0 Å². The van der Waals surface area contributed by atoms with Crippen LogP contribution in [0.25, 0.3) is 0 Å². The van der Waals surface area contributed by atoms with Crippen LogP contribution in [0.4, 0.5) is 8.78 Å². The summed E-state index contributed by atoms with van der Waals surface area (Å²) in [4.78, 5) is 0. The number of benzene rings is 2. The van der Waals surface area contributed by atoms with E-state index in [1.54, 1.807) is 24.3 Å². The maximum absolute atomic E-state index is 13.6. The third-order valence-electron chi connectivity index (χ3n) is 2.98. The Kier molecular flexibility index (Phi) is 5.13. The molecule has 2 aromatic rings. The van der Waals surface area contributed by atoms with Gasteiger partial charge in [-0.2, -0.15) is 0 Å². The van der Waals surface area contributed by atoms with Crippen molar-refractivity contribution in [3.05, 3.63) is 68.7 Å². The first-order chi connectivity index (χ1) is 9.54. The molecule has 0 heterocycles. The van der Waals surface area contributed by atoms with Gasteiger partial charge in [-0.3, -0.25) is 0 Å². The summed E-state index contributed by atoms with van der Waals surface area (Å²) in [6.07, 6.45) is 0. The van der Waals surface area contributed by atoms with Gasteiger partial charge in [0.05, 0.1) is 15.5 Å². The fourth-order valence-corrected chi connectivity index (χ4v) is 2.68. The van der Waals surface area contributed by atoms with Crippen LogP contribution in [-0.2, 0) is 0 Å². The van der Waals surface area contributed by atoms with Gasteiger partial charge >= 0.3 is 0 Å². The Bertz CT molecular complexity index is 619. The largest absolute Gasteiger partial charge is 0.306 e. The van der Waals surface area contributed by atoms with Crippen molar-refractivity contribution in [3.63, 3.8) is 0 Å². The van der Waals surface area contributed by atoms with Crippen LogP contribution < -0.4 is 5.32 Å². The first kappa shape index (κ1) is 15.4. The van der Waals surface area contributed by atoms with E-state index >= 15 is 0 Å². The molecule has 0 aliphatic carbocycles.